The highest BCUT2D eigenvalue weighted by atomic mass is 32.1. The molecule has 8 heteroatoms. The first-order valence-electron chi connectivity index (χ1n) is 5.68. The quantitative estimate of drug-likeness (QED) is 0.616. The largest absolute Gasteiger partial charge is 0.481 e. The topological polar surface area (TPSA) is 112 Å². The van der Waals surface area contributed by atoms with E-state index in [0.717, 1.165) is 5.01 Å². The SMILES string of the molecule is CC(NC(=O)NCC(C)(O)CC(=O)O)c1nccs1. The molecule has 1 heterocycles. The molecular formula is C11H17N3O4S. The third kappa shape index (κ3) is 5.66. The van der Waals surface area contributed by atoms with Gasteiger partial charge in [0.25, 0.3) is 0 Å². The third-order valence-electron chi connectivity index (χ3n) is 2.33. The van der Waals surface area contributed by atoms with Crippen molar-refractivity contribution in [2.24, 2.45) is 0 Å². The van der Waals surface area contributed by atoms with Gasteiger partial charge in [0.1, 0.15) is 5.01 Å². The van der Waals surface area contributed by atoms with Gasteiger partial charge < -0.3 is 20.8 Å². The number of rotatable bonds is 6. The third-order valence-corrected chi connectivity index (χ3v) is 3.29. The van der Waals surface area contributed by atoms with Crippen molar-refractivity contribution in [1.82, 2.24) is 15.6 Å². The smallest absolute Gasteiger partial charge is 0.315 e. The second-order valence-electron chi connectivity index (χ2n) is 4.49. The predicted molar refractivity (Wildman–Crippen MR) is 69.9 cm³/mol. The summed E-state index contributed by atoms with van der Waals surface area (Å²) in [6.45, 7) is 3.00. The number of urea groups is 1. The number of aliphatic hydroxyl groups is 1. The highest BCUT2D eigenvalue weighted by Gasteiger charge is 2.25. The van der Waals surface area contributed by atoms with Crippen molar-refractivity contribution in [2.45, 2.75) is 31.9 Å². The monoisotopic (exact) mass is 287 g/mol. The van der Waals surface area contributed by atoms with Gasteiger partial charge in [0, 0.05) is 18.1 Å². The van der Waals surface area contributed by atoms with E-state index in [1.165, 1.54) is 18.3 Å². The van der Waals surface area contributed by atoms with Crippen molar-refractivity contribution in [3.05, 3.63) is 16.6 Å². The summed E-state index contributed by atoms with van der Waals surface area (Å²) in [5.74, 6) is -1.12. The van der Waals surface area contributed by atoms with E-state index in [9.17, 15) is 14.7 Å². The van der Waals surface area contributed by atoms with Crippen molar-refractivity contribution in [3.63, 3.8) is 0 Å². The Balaban J connectivity index is 2.37. The zero-order valence-electron chi connectivity index (χ0n) is 10.7. The molecule has 2 unspecified atom stereocenters. The van der Waals surface area contributed by atoms with Crippen molar-refractivity contribution in [3.8, 4) is 0 Å². The van der Waals surface area contributed by atoms with Crippen LogP contribution in [0.2, 0.25) is 0 Å². The Bertz CT molecular complexity index is 433. The summed E-state index contributed by atoms with van der Waals surface area (Å²) >= 11 is 1.42. The van der Waals surface area contributed by atoms with Gasteiger partial charge in [0.2, 0.25) is 0 Å². The number of carbonyl (C=O) groups excluding carboxylic acids is 1. The molecule has 0 fully saturated rings. The van der Waals surface area contributed by atoms with E-state index in [4.69, 9.17) is 5.11 Å². The molecule has 7 nitrogen and oxygen atoms in total. The van der Waals surface area contributed by atoms with Gasteiger partial charge in [0.15, 0.2) is 0 Å². The molecule has 0 spiro atoms. The van der Waals surface area contributed by atoms with Gasteiger partial charge in [-0.3, -0.25) is 4.79 Å². The minimum Gasteiger partial charge on any atom is -0.481 e. The molecule has 0 radical (unpaired) electrons. The van der Waals surface area contributed by atoms with Crippen molar-refractivity contribution < 1.29 is 19.8 Å². The van der Waals surface area contributed by atoms with Crippen LogP contribution in [0.3, 0.4) is 0 Å². The van der Waals surface area contributed by atoms with Crippen LogP contribution >= 0.6 is 11.3 Å². The Kier molecular flexibility index (Phi) is 5.25. The summed E-state index contributed by atoms with van der Waals surface area (Å²) in [7, 11) is 0. The van der Waals surface area contributed by atoms with Crippen molar-refractivity contribution in [1.29, 1.82) is 0 Å². The van der Waals surface area contributed by atoms with Gasteiger partial charge >= 0.3 is 12.0 Å². The fourth-order valence-electron chi connectivity index (χ4n) is 1.42. The summed E-state index contributed by atoms with van der Waals surface area (Å²) < 4.78 is 0. The molecule has 0 aliphatic rings. The zero-order valence-corrected chi connectivity index (χ0v) is 11.5. The maximum Gasteiger partial charge on any atom is 0.315 e. The highest BCUT2D eigenvalue weighted by Crippen LogP contribution is 2.14. The van der Waals surface area contributed by atoms with Gasteiger partial charge in [0.05, 0.1) is 18.1 Å². The molecule has 0 aliphatic carbocycles. The van der Waals surface area contributed by atoms with E-state index in [1.807, 2.05) is 5.38 Å². The molecule has 106 valence electrons. The summed E-state index contributed by atoms with van der Waals surface area (Å²) in [5.41, 5.74) is -1.48. The number of carboxylic acids is 1. The molecule has 0 aromatic carbocycles. The molecule has 4 N–H and O–H groups in total. The average Bonchev–Trinajstić information content (AvgIpc) is 2.78. The number of hydrogen-bond acceptors (Lipinski definition) is 5. The van der Waals surface area contributed by atoms with Crippen LogP contribution in [0.1, 0.15) is 31.3 Å². The van der Waals surface area contributed by atoms with Crippen LogP contribution in [-0.4, -0.2) is 39.3 Å². The Hall–Kier alpha value is -1.67. The van der Waals surface area contributed by atoms with E-state index in [2.05, 4.69) is 15.6 Å². The molecule has 0 saturated heterocycles. The summed E-state index contributed by atoms with van der Waals surface area (Å²) in [4.78, 5) is 26.1. The van der Waals surface area contributed by atoms with E-state index in [-0.39, 0.29) is 12.6 Å². The Morgan fingerprint density at radius 1 is 1.58 bits per heavy atom. The number of aliphatic carboxylic acids is 1. The molecule has 0 bridgehead atoms. The molecule has 1 aromatic rings. The maximum absolute atomic E-state index is 11.6. The Morgan fingerprint density at radius 2 is 2.26 bits per heavy atom. The van der Waals surface area contributed by atoms with Gasteiger partial charge in [-0.15, -0.1) is 11.3 Å². The number of thiazole rings is 1. The lowest BCUT2D eigenvalue weighted by Gasteiger charge is -2.22. The number of nitrogens with one attached hydrogen (secondary N) is 2. The first-order valence-corrected chi connectivity index (χ1v) is 6.56. The normalized spacial score (nSPS) is 15.3. The van der Waals surface area contributed by atoms with Gasteiger partial charge in [-0.2, -0.15) is 0 Å². The number of amides is 2. The molecule has 1 rings (SSSR count). The number of nitrogens with zero attached hydrogens (tertiary/aromatic N) is 1. The van der Waals surface area contributed by atoms with Crippen LogP contribution in [0.4, 0.5) is 4.79 Å². The van der Waals surface area contributed by atoms with E-state index in [0.29, 0.717) is 0 Å². The second kappa shape index (κ2) is 6.48. The minimum absolute atomic E-state index is 0.143. The molecule has 2 amide bonds. The minimum atomic E-state index is -1.48. The molecule has 1 aromatic heterocycles. The molecular weight excluding hydrogens is 270 g/mol. The van der Waals surface area contributed by atoms with Crippen molar-refractivity contribution >= 4 is 23.3 Å². The zero-order chi connectivity index (χ0) is 14.5. The van der Waals surface area contributed by atoms with Gasteiger partial charge in [-0.1, -0.05) is 0 Å². The molecule has 19 heavy (non-hydrogen) atoms. The van der Waals surface area contributed by atoms with Gasteiger partial charge in [-0.25, -0.2) is 9.78 Å². The lowest BCUT2D eigenvalue weighted by molar-refractivity contribution is -0.141. The molecule has 0 aliphatic heterocycles. The number of hydrogen-bond donors (Lipinski definition) is 4. The average molecular weight is 287 g/mol. The molecule has 2 atom stereocenters. The van der Waals surface area contributed by atoms with Crippen LogP contribution in [0.15, 0.2) is 11.6 Å². The first-order chi connectivity index (χ1) is 8.80. The van der Waals surface area contributed by atoms with E-state index in [1.54, 1.807) is 13.1 Å². The lowest BCUT2D eigenvalue weighted by Crippen LogP contribution is -2.46. The maximum atomic E-state index is 11.6. The number of aromatic nitrogens is 1. The van der Waals surface area contributed by atoms with E-state index >= 15 is 0 Å². The van der Waals surface area contributed by atoms with Crippen LogP contribution in [0.5, 0.6) is 0 Å². The summed E-state index contributed by atoms with van der Waals surface area (Å²) in [6.07, 6.45) is 1.21. The standard InChI is InChI=1S/C11H17N3O4S/c1-7(9-12-3-4-19-9)14-10(17)13-6-11(2,18)5-8(15)16/h3-4,7,18H,5-6H2,1-2H3,(H,15,16)(H2,13,14,17). The first kappa shape index (κ1) is 15.4. The Morgan fingerprint density at radius 3 is 2.79 bits per heavy atom. The summed E-state index contributed by atoms with van der Waals surface area (Å²) in [5, 5.41) is 26.0. The van der Waals surface area contributed by atoms with Crippen LogP contribution in [0.25, 0.3) is 0 Å². The highest BCUT2D eigenvalue weighted by molar-refractivity contribution is 7.09. The van der Waals surface area contributed by atoms with Crippen LogP contribution in [-0.2, 0) is 4.79 Å². The van der Waals surface area contributed by atoms with Crippen molar-refractivity contribution in [2.75, 3.05) is 6.54 Å². The fraction of sp³-hybridized carbons (Fsp3) is 0.545. The predicted octanol–water partition coefficient (Wildman–Crippen LogP) is 0.729. The Labute approximate surface area is 114 Å². The molecule has 0 saturated carbocycles. The summed E-state index contributed by atoms with van der Waals surface area (Å²) in [6, 6.07) is -0.724. The second-order valence-corrected chi connectivity index (χ2v) is 5.41. The lowest BCUT2D eigenvalue weighted by atomic mass is 10.0. The van der Waals surface area contributed by atoms with Crippen LogP contribution in [0, 0.1) is 0 Å². The number of carboxylic acid groups (broad SMARTS) is 1. The van der Waals surface area contributed by atoms with Gasteiger partial charge in [-0.05, 0) is 13.8 Å². The van der Waals surface area contributed by atoms with Crippen LogP contribution < -0.4 is 10.6 Å². The fourth-order valence-corrected chi connectivity index (χ4v) is 2.06. The number of carbonyl (C=O) groups is 2. The van der Waals surface area contributed by atoms with E-state index < -0.39 is 24.0 Å².